The highest BCUT2D eigenvalue weighted by atomic mass is 16.6. The maximum Gasteiger partial charge on any atom is 0.259 e. The lowest BCUT2D eigenvalue weighted by atomic mass is 9.95. The summed E-state index contributed by atoms with van der Waals surface area (Å²) in [5.74, 6) is -0.379. The number of methoxy groups -OCH3 is 1. The maximum atomic E-state index is 11.4. The quantitative estimate of drug-likeness (QED) is 0.340. The van der Waals surface area contributed by atoms with Crippen LogP contribution in [0.25, 0.3) is 0 Å². The molecule has 22 heavy (non-hydrogen) atoms. The number of nitro groups is 1. The van der Waals surface area contributed by atoms with Crippen LogP contribution in [0, 0.1) is 15.0 Å². The Labute approximate surface area is 127 Å². The minimum Gasteiger partial charge on any atom is -0.497 e. The SMILES string of the molecule is CCC(=CC(N=O)C(N)=O)C(c1ccc(OC)cc1)[N+](=O)[O-]. The zero-order chi connectivity index (χ0) is 16.7. The van der Waals surface area contributed by atoms with Crippen molar-refractivity contribution in [1.29, 1.82) is 0 Å². The Kier molecular flexibility index (Phi) is 6.18. The molecule has 1 rings (SSSR count). The van der Waals surface area contributed by atoms with E-state index < -0.39 is 22.9 Å². The second-order valence-electron chi connectivity index (χ2n) is 4.51. The van der Waals surface area contributed by atoms with Gasteiger partial charge in [0.15, 0.2) is 6.04 Å². The molecule has 0 bridgehead atoms. The highest BCUT2D eigenvalue weighted by Crippen LogP contribution is 2.29. The van der Waals surface area contributed by atoms with Gasteiger partial charge in [-0.25, -0.2) is 0 Å². The predicted molar refractivity (Wildman–Crippen MR) is 79.9 cm³/mol. The first kappa shape index (κ1) is 17.3. The summed E-state index contributed by atoms with van der Waals surface area (Å²) in [6.45, 7) is 1.69. The molecule has 1 aromatic carbocycles. The Morgan fingerprint density at radius 2 is 2.05 bits per heavy atom. The normalized spacial score (nSPS) is 14.0. The molecule has 0 aliphatic heterocycles. The fourth-order valence-electron chi connectivity index (χ4n) is 2.03. The molecule has 0 spiro atoms. The molecule has 0 fully saturated rings. The molecule has 8 nitrogen and oxygen atoms in total. The number of nitrogens with zero attached hydrogens (tertiary/aromatic N) is 2. The number of hydrogen-bond acceptors (Lipinski definition) is 6. The summed E-state index contributed by atoms with van der Waals surface area (Å²) in [4.78, 5) is 32.6. The highest BCUT2D eigenvalue weighted by molar-refractivity contribution is 5.82. The molecule has 0 aromatic heterocycles. The van der Waals surface area contributed by atoms with Crippen molar-refractivity contribution in [2.45, 2.75) is 25.4 Å². The molecule has 0 aliphatic carbocycles. The Balaban J connectivity index is 3.25. The van der Waals surface area contributed by atoms with Gasteiger partial charge in [-0.3, -0.25) is 14.9 Å². The number of benzene rings is 1. The summed E-state index contributed by atoms with van der Waals surface area (Å²) in [5.41, 5.74) is 5.74. The molecule has 2 N–H and O–H groups in total. The zero-order valence-electron chi connectivity index (χ0n) is 12.3. The van der Waals surface area contributed by atoms with Gasteiger partial charge in [0.2, 0.25) is 5.91 Å². The molecule has 0 radical (unpaired) electrons. The van der Waals surface area contributed by atoms with E-state index >= 15 is 0 Å². The number of rotatable bonds is 8. The van der Waals surface area contributed by atoms with Gasteiger partial charge < -0.3 is 10.5 Å². The summed E-state index contributed by atoms with van der Waals surface area (Å²) in [6.07, 6.45) is 1.43. The molecule has 0 aliphatic rings. The van der Waals surface area contributed by atoms with Crippen LogP contribution in [0.5, 0.6) is 5.75 Å². The van der Waals surface area contributed by atoms with Gasteiger partial charge in [0.25, 0.3) is 6.04 Å². The molecular formula is C14H17N3O5. The van der Waals surface area contributed by atoms with E-state index in [2.05, 4.69) is 5.18 Å². The zero-order valence-corrected chi connectivity index (χ0v) is 12.3. The standard InChI is InChI=1S/C14H17N3O5/c1-3-9(8-12(16-19)14(15)18)13(17(20)21)10-4-6-11(22-2)7-5-10/h4-8,12-13H,3H2,1-2H3,(H2,15,18). The van der Waals surface area contributed by atoms with Crippen LogP contribution >= 0.6 is 0 Å². The highest BCUT2D eigenvalue weighted by Gasteiger charge is 2.28. The molecule has 0 saturated heterocycles. The van der Waals surface area contributed by atoms with Crippen LogP contribution < -0.4 is 10.5 Å². The second-order valence-corrected chi connectivity index (χ2v) is 4.51. The van der Waals surface area contributed by atoms with Gasteiger partial charge in [0.1, 0.15) is 5.75 Å². The van der Waals surface area contributed by atoms with Crippen molar-refractivity contribution in [3.05, 3.63) is 56.5 Å². The van der Waals surface area contributed by atoms with Crippen molar-refractivity contribution in [3.8, 4) is 5.75 Å². The predicted octanol–water partition coefficient (Wildman–Crippen LogP) is 1.97. The smallest absolute Gasteiger partial charge is 0.259 e. The Bertz CT molecular complexity index is 583. The van der Waals surface area contributed by atoms with Gasteiger partial charge in [-0.2, -0.15) is 0 Å². The third-order valence-electron chi connectivity index (χ3n) is 3.18. The van der Waals surface area contributed by atoms with Crippen molar-refractivity contribution >= 4 is 5.91 Å². The summed E-state index contributed by atoms with van der Waals surface area (Å²) >= 11 is 0. The van der Waals surface area contributed by atoms with E-state index in [1.165, 1.54) is 7.11 Å². The van der Waals surface area contributed by atoms with Crippen LogP contribution in [0.4, 0.5) is 0 Å². The van der Waals surface area contributed by atoms with Gasteiger partial charge in [-0.15, -0.1) is 4.91 Å². The molecule has 118 valence electrons. The number of carbonyl (C=O) groups excluding carboxylic acids is 1. The van der Waals surface area contributed by atoms with Crippen molar-refractivity contribution in [2.75, 3.05) is 7.11 Å². The third-order valence-corrected chi connectivity index (χ3v) is 3.18. The number of nitroso groups, excluding NO2 is 1. The maximum absolute atomic E-state index is 11.4. The summed E-state index contributed by atoms with van der Waals surface area (Å²) < 4.78 is 5.01. The number of carbonyl (C=O) groups is 1. The van der Waals surface area contributed by atoms with Crippen LogP contribution in [-0.2, 0) is 4.79 Å². The van der Waals surface area contributed by atoms with E-state index in [4.69, 9.17) is 10.5 Å². The lowest BCUT2D eigenvalue weighted by molar-refractivity contribution is -0.518. The van der Waals surface area contributed by atoms with E-state index in [1.807, 2.05) is 0 Å². The lowest BCUT2D eigenvalue weighted by Gasteiger charge is -2.14. The fraction of sp³-hybridized carbons (Fsp3) is 0.357. The van der Waals surface area contributed by atoms with Crippen molar-refractivity contribution in [3.63, 3.8) is 0 Å². The van der Waals surface area contributed by atoms with Crippen molar-refractivity contribution in [2.24, 2.45) is 10.9 Å². The minimum absolute atomic E-state index is 0.275. The van der Waals surface area contributed by atoms with Crippen LogP contribution in [0.15, 0.2) is 41.1 Å². The number of hydrogen-bond donors (Lipinski definition) is 1. The van der Waals surface area contributed by atoms with Gasteiger partial charge in [-0.1, -0.05) is 12.1 Å². The Hall–Kier alpha value is -2.77. The lowest BCUT2D eigenvalue weighted by Crippen LogP contribution is -2.26. The first-order valence-corrected chi connectivity index (χ1v) is 6.54. The minimum atomic E-state index is -1.42. The van der Waals surface area contributed by atoms with Crippen molar-refractivity contribution in [1.82, 2.24) is 0 Å². The first-order chi connectivity index (χ1) is 10.4. The van der Waals surface area contributed by atoms with Crippen molar-refractivity contribution < 1.29 is 14.5 Å². The van der Waals surface area contributed by atoms with E-state index in [0.29, 0.717) is 16.9 Å². The van der Waals surface area contributed by atoms with E-state index in [-0.39, 0.29) is 6.42 Å². The summed E-state index contributed by atoms with van der Waals surface area (Å²) in [6, 6.07) is 3.72. The molecule has 0 saturated carbocycles. The van der Waals surface area contributed by atoms with E-state index in [0.717, 1.165) is 6.08 Å². The van der Waals surface area contributed by atoms with Crippen LogP contribution in [0.3, 0.4) is 0 Å². The third kappa shape index (κ3) is 4.11. The topological polar surface area (TPSA) is 125 Å². The molecule has 2 unspecified atom stereocenters. The average Bonchev–Trinajstić information content (AvgIpc) is 2.50. The van der Waals surface area contributed by atoms with E-state index in [9.17, 15) is 19.8 Å². The molecule has 1 amide bonds. The fourth-order valence-corrected chi connectivity index (χ4v) is 2.03. The first-order valence-electron chi connectivity index (χ1n) is 6.54. The summed E-state index contributed by atoms with van der Waals surface area (Å²) in [7, 11) is 1.49. The van der Waals surface area contributed by atoms with Crippen LogP contribution in [0.2, 0.25) is 0 Å². The Morgan fingerprint density at radius 1 is 1.45 bits per heavy atom. The van der Waals surface area contributed by atoms with Crippen LogP contribution in [0.1, 0.15) is 24.9 Å². The molecule has 1 aromatic rings. The molecular weight excluding hydrogens is 290 g/mol. The number of ether oxygens (including phenoxy) is 1. The molecule has 0 heterocycles. The number of nitrogens with two attached hydrogens (primary N) is 1. The average molecular weight is 307 g/mol. The summed E-state index contributed by atoms with van der Waals surface area (Å²) in [5, 5.41) is 14.0. The van der Waals surface area contributed by atoms with Crippen LogP contribution in [-0.4, -0.2) is 24.0 Å². The Morgan fingerprint density at radius 3 is 2.41 bits per heavy atom. The number of primary amides is 1. The largest absolute Gasteiger partial charge is 0.497 e. The molecule has 2 atom stereocenters. The van der Waals surface area contributed by atoms with Gasteiger partial charge in [-0.05, 0) is 36.8 Å². The van der Waals surface area contributed by atoms with E-state index in [1.54, 1.807) is 31.2 Å². The van der Waals surface area contributed by atoms with Gasteiger partial charge in [0.05, 0.1) is 7.11 Å². The van der Waals surface area contributed by atoms with Gasteiger partial charge >= 0.3 is 0 Å². The number of amides is 1. The monoisotopic (exact) mass is 307 g/mol. The molecule has 8 heteroatoms. The second kappa shape index (κ2) is 7.87. The van der Waals surface area contributed by atoms with Gasteiger partial charge in [0, 0.05) is 16.1 Å².